The SMILES string of the molecule is CCC1(CCO)CCCCCC1. The van der Waals surface area contributed by atoms with Crippen molar-refractivity contribution < 1.29 is 5.11 Å². The Morgan fingerprint density at radius 1 is 1.08 bits per heavy atom. The monoisotopic (exact) mass is 170 g/mol. The quantitative estimate of drug-likeness (QED) is 0.645. The highest BCUT2D eigenvalue weighted by molar-refractivity contribution is 4.79. The molecule has 0 heterocycles. The van der Waals surface area contributed by atoms with E-state index in [1.807, 2.05) is 0 Å². The molecule has 1 rings (SSSR count). The fourth-order valence-corrected chi connectivity index (χ4v) is 2.50. The van der Waals surface area contributed by atoms with Crippen molar-refractivity contribution in [1.29, 1.82) is 0 Å². The Hall–Kier alpha value is -0.0400. The average molecular weight is 170 g/mol. The maximum Gasteiger partial charge on any atom is 0.0436 e. The molecule has 0 spiro atoms. The van der Waals surface area contributed by atoms with Gasteiger partial charge in [0.2, 0.25) is 0 Å². The number of aliphatic hydroxyl groups is 1. The lowest BCUT2D eigenvalue weighted by molar-refractivity contribution is 0.153. The molecule has 0 aromatic rings. The molecular weight excluding hydrogens is 148 g/mol. The first-order chi connectivity index (χ1) is 5.83. The molecule has 1 aliphatic carbocycles. The molecule has 0 atom stereocenters. The van der Waals surface area contributed by atoms with Crippen LogP contribution in [-0.4, -0.2) is 11.7 Å². The van der Waals surface area contributed by atoms with Crippen LogP contribution >= 0.6 is 0 Å². The zero-order valence-electron chi connectivity index (χ0n) is 8.31. The van der Waals surface area contributed by atoms with Crippen LogP contribution in [0, 0.1) is 5.41 Å². The summed E-state index contributed by atoms with van der Waals surface area (Å²) in [6.45, 7) is 2.66. The molecule has 0 aliphatic heterocycles. The minimum absolute atomic E-state index is 0.383. The topological polar surface area (TPSA) is 20.2 Å². The molecule has 12 heavy (non-hydrogen) atoms. The van der Waals surface area contributed by atoms with Crippen molar-refractivity contribution in [3.05, 3.63) is 0 Å². The standard InChI is InChI=1S/C11H22O/c1-2-11(9-10-12)7-5-3-4-6-8-11/h12H,2-10H2,1H3. The van der Waals surface area contributed by atoms with Crippen molar-refractivity contribution in [2.75, 3.05) is 6.61 Å². The van der Waals surface area contributed by atoms with Gasteiger partial charge in [-0.3, -0.25) is 0 Å². The zero-order chi connectivity index (χ0) is 8.86. The first-order valence-corrected chi connectivity index (χ1v) is 5.44. The van der Waals surface area contributed by atoms with Crippen LogP contribution in [0.5, 0.6) is 0 Å². The number of hydrogen-bond donors (Lipinski definition) is 1. The van der Waals surface area contributed by atoms with E-state index in [4.69, 9.17) is 5.11 Å². The Balaban J connectivity index is 2.48. The van der Waals surface area contributed by atoms with Crippen LogP contribution in [0.4, 0.5) is 0 Å². The van der Waals surface area contributed by atoms with Crippen molar-refractivity contribution in [3.8, 4) is 0 Å². The van der Waals surface area contributed by atoms with E-state index in [2.05, 4.69) is 6.92 Å². The van der Waals surface area contributed by atoms with Crippen molar-refractivity contribution in [2.24, 2.45) is 5.41 Å². The number of hydrogen-bond acceptors (Lipinski definition) is 1. The number of rotatable bonds is 3. The van der Waals surface area contributed by atoms with E-state index in [1.54, 1.807) is 0 Å². The van der Waals surface area contributed by atoms with Crippen LogP contribution in [0.3, 0.4) is 0 Å². The molecule has 0 radical (unpaired) electrons. The summed E-state index contributed by atoms with van der Waals surface area (Å²) in [4.78, 5) is 0. The van der Waals surface area contributed by atoms with Gasteiger partial charge in [0.1, 0.15) is 0 Å². The Kier molecular flexibility index (Phi) is 4.07. The molecule has 0 saturated heterocycles. The van der Waals surface area contributed by atoms with E-state index in [-0.39, 0.29) is 0 Å². The van der Waals surface area contributed by atoms with Gasteiger partial charge in [-0.25, -0.2) is 0 Å². The second-order valence-electron chi connectivity index (χ2n) is 4.24. The van der Waals surface area contributed by atoms with Gasteiger partial charge in [-0.15, -0.1) is 0 Å². The lowest BCUT2D eigenvalue weighted by atomic mass is 9.75. The van der Waals surface area contributed by atoms with E-state index in [9.17, 15) is 0 Å². The predicted octanol–water partition coefficient (Wildman–Crippen LogP) is 3.12. The van der Waals surface area contributed by atoms with Crippen LogP contribution in [0.2, 0.25) is 0 Å². The smallest absolute Gasteiger partial charge is 0.0436 e. The largest absolute Gasteiger partial charge is 0.396 e. The van der Waals surface area contributed by atoms with Gasteiger partial charge < -0.3 is 5.11 Å². The average Bonchev–Trinajstić information content (AvgIpc) is 2.32. The zero-order valence-corrected chi connectivity index (χ0v) is 8.31. The van der Waals surface area contributed by atoms with E-state index in [0.717, 1.165) is 6.42 Å². The van der Waals surface area contributed by atoms with Crippen LogP contribution in [-0.2, 0) is 0 Å². The van der Waals surface area contributed by atoms with Gasteiger partial charge >= 0.3 is 0 Å². The van der Waals surface area contributed by atoms with Crippen molar-refractivity contribution in [3.63, 3.8) is 0 Å². The molecule has 1 fully saturated rings. The summed E-state index contributed by atoms with van der Waals surface area (Å²) in [5.74, 6) is 0. The van der Waals surface area contributed by atoms with Crippen LogP contribution < -0.4 is 0 Å². The van der Waals surface area contributed by atoms with Gasteiger partial charge in [0, 0.05) is 6.61 Å². The summed E-state index contributed by atoms with van der Waals surface area (Å²) < 4.78 is 0. The molecule has 0 aromatic heterocycles. The lowest BCUT2D eigenvalue weighted by Crippen LogP contribution is -2.20. The van der Waals surface area contributed by atoms with E-state index in [0.29, 0.717) is 12.0 Å². The number of aliphatic hydroxyl groups excluding tert-OH is 1. The first kappa shape index (κ1) is 10.0. The Labute approximate surface area is 76.2 Å². The highest BCUT2D eigenvalue weighted by Gasteiger charge is 2.27. The summed E-state index contributed by atoms with van der Waals surface area (Å²) >= 11 is 0. The predicted molar refractivity (Wildman–Crippen MR) is 52.1 cm³/mol. The molecule has 0 amide bonds. The maximum absolute atomic E-state index is 9.01. The van der Waals surface area contributed by atoms with Crippen LogP contribution in [0.25, 0.3) is 0 Å². The summed E-state index contributed by atoms with van der Waals surface area (Å²) in [7, 11) is 0. The van der Waals surface area contributed by atoms with E-state index >= 15 is 0 Å². The summed E-state index contributed by atoms with van der Waals surface area (Å²) in [5.41, 5.74) is 0.505. The van der Waals surface area contributed by atoms with Crippen molar-refractivity contribution in [1.82, 2.24) is 0 Å². The third-order valence-electron chi connectivity index (χ3n) is 3.56. The highest BCUT2D eigenvalue weighted by atomic mass is 16.3. The minimum atomic E-state index is 0.383. The Bertz CT molecular complexity index is 112. The third-order valence-corrected chi connectivity index (χ3v) is 3.56. The lowest BCUT2D eigenvalue weighted by Gasteiger charge is -2.30. The third kappa shape index (κ3) is 2.48. The fourth-order valence-electron chi connectivity index (χ4n) is 2.50. The van der Waals surface area contributed by atoms with E-state index in [1.165, 1.54) is 44.9 Å². The first-order valence-electron chi connectivity index (χ1n) is 5.44. The van der Waals surface area contributed by atoms with Gasteiger partial charge in [0.15, 0.2) is 0 Å². The summed E-state index contributed by atoms with van der Waals surface area (Å²) in [6.07, 6.45) is 10.6. The molecule has 1 saturated carbocycles. The van der Waals surface area contributed by atoms with E-state index < -0.39 is 0 Å². The second-order valence-corrected chi connectivity index (χ2v) is 4.24. The molecule has 1 N–H and O–H groups in total. The normalized spacial score (nSPS) is 23.5. The Morgan fingerprint density at radius 3 is 2.08 bits per heavy atom. The maximum atomic E-state index is 9.01. The van der Waals surface area contributed by atoms with Crippen molar-refractivity contribution >= 4 is 0 Å². The van der Waals surface area contributed by atoms with Crippen LogP contribution in [0.15, 0.2) is 0 Å². The van der Waals surface area contributed by atoms with Crippen LogP contribution in [0.1, 0.15) is 58.3 Å². The minimum Gasteiger partial charge on any atom is -0.396 e. The van der Waals surface area contributed by atoms with Gasteiger partial charge in [-0.2, -0.15) is 0 Å². The molecule has 1 nitrogen and oxygen atoms in total. The second kappa shape index (κ2) is 4.86. The van der Waals surface area contributed by atoms with Gasteiger partial charge in [0.25, 0.3) is 0 Å². The molecular formula is C11H22O. The molecule has 72 valence electrons. The molecule has 1 aliphatic rings. The molecule has 0 unspecified atom stereocenters. The Morgan fingerprint density at radius 2 is 1.67 bits per heavy atom. The fraction of sp³-hybridized carbons (Fsp3) is 1.00. The summed E-state index contributed by atoms with van der Waals surface area (Å²) in [6, 6.07) is 0. The van der Waals surface area contributed by atoms with Gasteiger partial charge in [0.05, 0.1) is 0 Å². The molecule has 0 bridgehead atoms. The van der Waals surface area contributed by atoms with Crippen molar-refractivity contribution in [2.45, 2.75) is 58.3 Å². The molecule has 0 aromatic carbocycles. The van der Waals surface area contributed by atoms with Gasteiger partial charge in [-0.1, -0.05) is 39.0 Å². The summed E-state index contributed by atoms with van der Waals surface area (Å²) in [5, 5.41) is 9.01. The van der Waals surface area contributed by atoms with Gasteiger partial charge in [-0.05, 0) is 24.7 Å². The molecule has 1 heteroatoms. The highest BCUT2D eigenvalue weighted by Crippen LogP contribution is 2.40.